The van der Waals surface area contributed by atoms with Crippen LogP contribution < -0.4 is 5.32 Å². The summed E-state index contributed by atoms with van der Waals surface area (Å²) in [6.45, 7) is 7.91. The van der Waals surface area contributed by atoms with Gasteiger partial charge in [0.1, 0.15) is 23.9 Å². The van der Waals surface area contributed by atoms with Crippen LogP contribution in [0.3, 0.4) is 0 Å². The first-order valence-electron chi connectivity index (χ1n) is 20.6. The first kappa shape index (κ1) is 45.6. The molecule has 0 unspecified atom stereocenters. The van der Waals surface area contributed by atoms with Gasteiger partial charge in [-0.2, -0.15) is 0 Å². The van der Waals surface area contributed by atoms with Crippen LogP contribution in [0.2, 0.25) is 5.02 Å². The van der Waals surface area contributed by atoms with E-state index in [-0.39, 0.29) is 45.9 Å². The van der Waals surface area contributed by atoms with E-state index in [0.29, 0.717) is 0 Å². The number of fused-ring (bicyclic) bond motifs is 5. The molecule has 2 bridgehead atoms. The minimum atomic E-state index is -2.41. The standard InChI is InChI=1S/C47H50ClNO14/c1-24-31(61-43(57)36(53)35(29-18-13-19-30(48)20-29)49-41(55)27-14-9-7-10-15-27)22-47(58)40(62-42(56)28-16-11-8-12-17-28)38-45(6,32(52)21-33-46(38,23-59-33)63-26(3)51)39(54)37(60-25(2)50)34(24)44(47,4)5/h7-20,31-33,35-38,40,52-53,58H,21-23H2,1-6H3,(H,49,55)/t31-,32-,33+,35+,36+,37+,38-,40-,45+,46-,47+/m0/s1. The molecule has 4 aliphatic rings. The van der Waals surface area contributed by atoms with Crippen molar-refractivity contribution in [1.82, 2.24) is 5.32 Å². The molecule has 3 aromatic carbocycles. The van der Waals surface area contributed by atoms with E-state index in [4.69, 9.17) is 35.3 Å². The first-order valence-corrected chi connectivity index (χ1v) is 21.0. The molecule has 1 aliphatic heterocycles. The SMILES string of the molecule is CC(=O)O[C@H]1C(=O)[C@@]2(C)[C@H]([C@H](OC(=O)c3ccccc3)[C@]3(O)C[C@H](OC(=O)[C@H](O)[C@H](NC(=O)c4ccccc4)c4cccc(Cl)c4)C(C)=C1C3(C)C)[C@]1(OC(C)=O)CO[C@@H]1C[C@@H]2O. The summed E-state index contributed by atoms with van der Waals surface area (Å²) in [6.07, 6.45) is -10.7. The van der Waals surface area contributed by atoms with Gasteiger partial charge in [-0.3, -0.25) is 19.2 Å². The van der Waals surface area contributed by atoms with Crippen molar-refractivity contribution in [1.29, 1.82) is 0 Å². The van der Waals surface area contributed by atoms with Gasteiger partial charge in [-0.15, -0.1) is 0 Å². The van der Waals surface area contributed by atoms with Crippen molar-refractivity contribution in [2.75, 3.05) is 6.61 Å². The van der Waals surface area contributed by atoms with Gasteiger partial charge in [-0.25, -0.2) is 9.59 Å². The first-order chi connectivity index (χ1) is 29.7. The molecular weight excluding hydrogens is 838 g/mol. The van der Waals surface area contributed by atoms with Crippen LogP contribution >= 0.6 is 11.6 Å². The van der Waals surface area contributed by atoms with E-state index in [1.807, 2.05) is 0 Å². The normalized spacial score (nSPS) is 31.6. The number of aliphatic hydroxyl groups is 3. The predicted octanol–water partition coefficient (Wildman–Crippen LogP) is 4.39. The van der Waals surface area contributed by atoms with Crippen LogP contribution in [0.15, 0.2) is 96.1 Å². The summed E-state index contributed by atoms with van der Waals surface area (Å²) in [5.74, 6) is -6.98. The molecule has 16 heteroatoms. The van der Waals surface area contributed by atoms with Crippen molar-refractivity contribution in [3.05, 3.63) is 118 Å². The van der Waals surface area contributed by atoms with Crippen molar-refractivity contribution in [3.63, 3.8) is 0 Å². The van der Waals surface area contributed by atoms with Crippen LogP contribution in [-0.2, 0) is 42.9 Å². The Hall–Kier alpha value is -5.45. The number of halogens is 1. The lowest BCUT2D eigenvalue weighted by Gasteiger charge is -2.67. The molecule has 1 saturated heterocycles. The number of carbonyl (C=O) groups excluding carboxylic acids is 6. The number of Topliss-reactive ketones (excluding diaryl/α,β-unsaturated/α-hetero) is 1. The third kappa shape index (κ3) is 7.73. The zero-order chi connectivity index (χ0) is 45.8. The van der Waals surface area contributed by atoms with Crippen LogP contribution in [0.25, 0.3) is 0 Å². The molecule has 0 spiro atoms. The van der Waals surface area contributed by atoms with Crippen LogP contribution in [0, 0.1) is 16.7 Å². The summed E-state index contributed by atoms with van der Waals surface area (Å²) in [6, 6.07) is 20.6. The van der Waals surface area contributed by atoms with E-state index in [9.17, 15) is 39.3 Å². The maximum Gasteiger partial charge on any atom is 0.338 e. The maximum absolute atomic E-state index is 15.5. The number of rotatable bonds is 10. The van der Waals surface area contributed by atoms with Gasteiger partial charge in [0.25, 0.3) is 5.91 Å². The Morgan fingerprint density at radius 2 is 1.51 bits per heavy atom. The topological polar surface area (TPSA) is 221 Å². The van der Waals surface area contributed by atoms with Gasteiger partial charge in [-0.05, 0) is 67.0 Å². The molecule has 2 saturated carbocycles. The molecule has 3 aliphatic carbocycles. The molecule has 0 radical (unpaired) electrons. The van der Waals surface area contributed by atoms with Gasteiger partial charge in [0, 0.05) is 42.7 Å². The van der Waals surface area contributed by atoms with E-state index in [2.05, 4.69) is 5.32 Å². The average Bonchev–Trinajstić information content (AvgIpc) is 3.23. The maximum atomic E-state index is 15.5. The molecule has 3 aromatic rings. The summed E-state index contributed by atoms with van der Waals surface area (Å²) in [7, 11) is 0. The second kappa shape index (κ2) is 16.9. The monoisotopic (exact) mass is 887 g/mol. The lowest BCUT2D eigenvalue weighted by Crippen LogP contribution is -2.82. The van der Waals surface area contributed by atoms with Crippen molar-refractivity contribution >= 4 is 47.2 Å². The number of esters is 4. The molecule has 1 heterocycles. The fraction of sp³-hybridized carbons (Fsp3) is 0.447. The largest absolute Gasteiger partial charge is 0.456 e. The summed E-state index contributed by atoms with van der Waals surface area (Å²) < 4.78 is 30.3. The zero-order valence-corrected chi connectivity index (χ0v) is 36.3. The summed E-state index contributed by atoms with van der Waals surface area (Å²) in [5, 5.41) is 40.5. The number of ether oxygens (including phenoxy) is 5. The Kier molecular flexibility index (Phi) is 12.2. The van der Waals surface area contributed by atoms with Crippen molar-refractivity contribution in [3.8, 4) is 0 Å². The van der Waals surface area contributed by atoms with Crippen LogP contribution in [-0.4, -0.2) is 105 Å². The Morgan fingerprint density at radius 1 is 0.873 bits per heavy atom. The van der Waals surface area contributed by atoms with Crippen LogP contribution in [0.1, 0.15) is 86.7 Å². The number of ketones is 1. The van der Waals surface area contributed by atoms with E-state index in [0.717, 1.165) is 13.8 Å². The Morgan fingerprint density at radius 3 is 2.08 bits per heavy atom. The van der Waals surface area contributed by atoms with Gasteiger partial charge < -0.3 is 44.3 Å². The number of benzene rings is 3. The minimum absolute atomic E-state index is 0.0198. The highest BCUT2D eigenvalue weighted by atomic mass is 35.5. The van der Waals surface area contributed by atoms with Gasteiger partial charge in [0.2, 0.25) is 0 Å². The number of amides is 1. The molecule has 3 fully saturated rings. The van der Waals surface area contributed by atoms with Gasteiger partial charge in [-0.1, -0.05) is 74.0 Å². The second-order valence-corrected chi connectivity index (χ2v) is 17.9. The summed E-state index contributed by atoms with van der Waals surface area (Å²) in [4.78, 5) is 83.6. The average molecular weight is 888 g/mol. The third-order valence-corrected chi connectivity index (χ3v) is 13.8. The lowest BCUT2D eigenvalue weighted by molar-refractivity contribution is -0.346. The fourth-order valence-corrected chi connectivity index (χ4v) is 10.4. The molecule has 63 heavy (non-hydrogen) atoms. The third-order valence-electron chi connectivity index (χ3n) is 13.5. The Bertz CT molecular complexity index is 2350. The number of hydrogen-bond donors (Lipinski definition) is 4. The predicted molar refractivity (Wildman–Crippen MR) is 223 cm³/mol. The van der Waals surface area contributed by atoms with Crippen LogP contribution in [0.4, 0.5) is 0 Å². The lowest BCUT2D eigenvalue weighted by atomic mass is 9.44. The zero-order valence-electron chi connectivity index (χ0n) is 35.5. The van der Waals surface area contributed by atoms with Gasteiger partial charge in [0.15, 0.2) is 23.6 Å². The van der Waals surface area contributed by atoms with E-state index >= 15 is 4.79 Å². The van der Waals surface area contributed by atoms with Crippen molar-refractivity contribution in [2.24, 2.45) is 16.7 Å². The number of aliphatic hydroxyl groups excluding tert-OH is 2. The number of nitrogens with one attached hydrogen (secondary N) is 1. The van der Waals surface area contributed by atoms with E-state index in [1.54, 1.807) is 80.6 Å². The van der Waals surface area contributed by atoms with E-state index in [1.165, 1.54) is 32.0 Å². The molecule has 1 amide bonds. The summed E-state index contributed by atoms with van der Waals surface area (Å²) >= 11 is 6.31. The highest BCUT2D eigenvalue weighted by molar-refractivity contribution is 6.30. The highest BCUT2D eigenvalue weighted by Gasteiger charge is 2.78. The Balaban J connectivity index is 1.39. The molecule has 7 rings (SSSR count). The van der Waals surface area contributed by atoms with Gasteiger partial charge >= 0.3 is 23.9 Å². The molecule has 15 nitrogen and oxygen atoms in total. The molecular formula is C47H50ClNO14. The van der Waals surface area contributed by atoms with Crippen molar-refractivity contribution < 1.29 is 67.8 Å². The molecule has 334 valence electrons. The summed E-state index contributed by atoms with van der Waals surface area (Å²) in [5.41, 5.74) is -7.28. The quantitative estimate of drug-likeness (QED) is 0.126. The fourth-order valence-electron chi connectivity index (χ4n) is 10.2. The highest BCUT2D eigenvalue weighted by Crippen LogP contribution is 2.64. The number of hydrogen-bond acceptors (Lipinski definition) is 14. The number of carbonyl (C=O) groups is 6. The smallest absolute Gasteiger partial charge is 0.338 e. The molecule has 0 aromatic heterocycles. The molecule has 4 N–H and O–H groups in total. The van der Waals surface area contributed by atoms with Gasteiger partial charge in [0.05, 0.1) is 35.6 Å². The minimum Gasteiger partial charge on any atom is -0.456 e. The van der Waals surface area contributed by atoms with Crippen molar-refractivity contribution in [2.45, 2.75) is 108 Å². The van der Waals surface area contributed by atoms with E-state index < -0.39 is 113 Å². The Labute approximate surface area is 368 Å². The second-order valence-electron chi connectivity index (χ2n) is 17.5. The molecule has 11 atom stereocenters. The van der Waals surface area contributed by atoms with Crippen LogP contribution in [0.5, 0.6) is 0 Å².